The van der Waals surface area contributed by atoms with Crippen molar-refractivity contribution in [3.63, 3.8) is 0 Å². The molecule has 0 aromatic rings. The lowest BCUT2D eigenvalue weighted by atomic mass is 9.74. The lowest BCUT2D eigenvalue weighted by Crippen LogP contribution is -2.47. The molecule has 1 aliphatic carbocycles. The molecule has 3 fully saturated rings. The molecule has 2 nitrogen and oxygen atoms in total. The van der Waals surface area contributed by atoms with Crippen molar-refractivity contribution in [3.8, 4) is 0 Å². The first kappa shape index (κ1) is 12.3. The largest absolute Gasteiger partial charge is 0.389 e. The second kappa shape index (κ2) is 4.43. The maximum atomic E-state index is 10.9. The van der Waals surface area contributed by atoms with Crippen molar-refractivity contribution in [2.24, 2.45) is 5.92 Å². The third-order valence-corrected chi connectivity index (χ3v) is 6.43. The van der Waals surface area contributed by atoms with Crippen molar-refractivity contribution < 1.29 is 9.84 Å². The van der Waals surface area contributed by atoms with Gasteiger partial charge in [0, 0.05) is 17.6 Å². The van der Waals surface area contributed by atoms with Gasteiger partial charge in [-0.3, -0.25) is 0 Å². The summed E-state index contributed by atoms with van der Waals surface area (Å²) in [5.41, 5.74) is -0.251. The Hall–Kier alpha value is 0.270. The van der Waals surface area contributed by atoms with Crippen molar-refractivity contribution >= 4 is 11.8 Å². The monoisotopic (exact) mass is 256 g/mol. The van der Waals surface area contributed by atoms with Crippen molar-refractivity contribution in [2.45, 2.75) is 68.3 Å². The molecule has 0 amide bonds. The number of ether oxygens (including phenoxy) is 1. The van der Waals surface area contributed by atoms with E-state index in [1.54, 1.807) is 0 Å². The summed E-state index contributed by atoms with van der Waals surface area (Å²) in [5, 5.41) is 11.5. The molecule has 3 heteroatoms. The summed E-state index contributed by atoms with van der Waals surface area (Å²) in [4.78, 5) is 0. The molecule has 0 aromatic heterocycles. The second-order valence-corrected chi connectivity index (χ2v) is 7.78. The van der Waals surface area contributed by atoms with Gasteiger partial charge in [-0.05, 0) is 38.0 Å². The van der Waals surface area contributed by atoms with Crippen molar-refractivity contribution in [2.75, 3.05) is 12.4 Å². The van der Waals surface area contributed by atoms with E-state index in [9.17, 15) is 5.11 Å². The zero-order valence-corrected chi connectivity index (χ0v) is 11.6. The van der Waals surface area contributed by atoms with Gasteiger partial charge in [0.15, 0.2) is 0 Å². The van der Waals surface area contributed by atoms with Crippen LogP contribution < -0.4 is 0 Å². The fourth-order valence-corrected chi connectivity index (χ4v) is 5.37. The zero-order valence-electron chi connectivity index (χ0n) is 10.8. The average molecular weight is 256 g/mol. The summed E-state index contributed by atoms with van der Waals surface area (Å²) in [5.74, 6) is 1.42. The fraction of sp³-hybridized carbons (Fsp3) is 1.00. The van der Waals surface area contributed by atoms with E-state index in [2.05, 4.69) is 6.92 Å². The minimum atomic E-state index is -0.399. The van der Waals surface area contributed by atoms with Gasteiger partial charge >= 0.3 is 0 Å². The minimum absolute atomic E-state index is 0.148. The van der Waals surface area contributed by atoms with E-state index in [4.69, 9.17) is 4.74 Å². The Morgan fingerprint density at radius 3 is 2.65 bits per heavy atom. The molecule has 3 rings (SSSR count). The molecule has 17 heavy (non-hydrogen) atoms. The first-order valence-electron chi connectivity index (χ1n) is 7.10. The second-order valence-electron chi connectivity index (χ2n) is 6.36. The molecule has 0 bridgehead atoms. The van der Waals surface area contributed by atoms with Crippen molar-refractivity contribution in [3.05, 3.63) is 0 Å². The predicted octanol–water partition coefficient (Wildman–Crippen LogP) is 2.98. The Kier molecular flexibility index (Phi) is 3.21. The maximum Gasteiger partial charge on any atom is 0.0778 e. The molecule has 2 heterocycles. The maximum absolute atomic E-state index is 10.9. The van der Waals surface area contributed by atoms with Crippen molar-refractivity contribution in [1.82, 2.24) is 0 Å². The van der Waals surface area contributed by atoms with Gasteiger partial charge in [-0.25, -0.2) is 0 Å². The molecule has 0 radical (unpaired) electrons. The molecule has 3 atom stereocenters. The molecule has 2 saturated heterocycles. The third-order valence-electron chi connectivity index (χ3n) is 5.03. The number of aliphatic hydroxyl groups is 1. The lowest BCUT2D eigenvalue weighted by molar-refractivity contribution is -0.134. The first-order chi connectivity index (χ1) is 8.12. The number of thioether (sulfide) groups is 1. The van der Waals surface area contributed by atoms with Crippen LogP contribution in [0.15, 0.2) is 0 Å². The normalized spacial score (nSPS) is 45.5. The zero-order chi connectivity index (χ0) is 11.9. The molecular formula is C14H24O2S. The average Bonchev–Trinajstić information content (AvgIpc) is 2.88. The van der Waals surface area contributed by atoms with Crippen LogP contribution in [0.3, 0.4) is 0 Å². The van der Waals surface area contributed by atoms with Gasteiger partial charge in [-0.15, -0.1) is 0 Å². The van der Waals surface area contributed by atoms with Crippen LogP contribution in [0.5, 0.6) is 0 Å². The smallest absolute Gasteiger partial charge is 0.0778 e. The number of hydrogen-bond donors (Lipinski definition) is 1. The van der Waals surface area contributed by atoms with Crippen LogP contribution in [0.1, 0.15) is 51.9 Å². The quantitative estimate of drug-likeness (QED) is 0.782. The summed E-state index contributed by atoms with van der Waals surface area (Å²) in [6, 6.07) is 0. The van der Waals surface area contributed by atoms with Gasteiger partial charge in [0.2, 0.25) is 0 Å². The third kappa shape index (κ3) is 2.26. The highest BCUT2D eigenvalue weighted by molar-refractivity contribution is 8.00. The molecular weight excluding hydrogens is 232 g/mol. The summed E-state index contributed by atoms with van der Waals surface area (Å²) in [7, 11) is 0. The van der Waals surface area contributed by atoms with Gasteiger partial charge in [-0.1, -0.05) is 19.8 Å². The van der Waals surface area contributed by atoms with Gasteiger partial charge in [0.25, 0.3) is 0 Å². The molecule has 1 spiro atoms. The summed E-state index contributed by atoms with van der Waals surface area (Å²) < 4.78 is 6.07. The Morgan fingerprint density at radius 2 is 2.00 bits per heavy atom. The number of rotatable bonds is 1. The van der Waals surface area contributed by atoms with Gasteiger partial charge in [0.1, 0.15) is 0 Å². The van der Waals surface area contributed by atoms with E-state index in [0.29, 0.717) is 11.2 Å². The fourth-order valence-electron chi connectivity index (χ4n) is 4.04. The minimum Gasteiger partial charge on any atom is -0.389 e. The van der Waals surface area contributed by atoms with Crippen LogP contribution >= 0.6 is 11.8 Å². The predicted molar refractivity (Wildman–Crippen MR) is 71.4 cm³/mol. The Balaban J connectivity index is 1.71. The summed E-state index contributed by atoms with van der Waals surface area (Å²) in [6.45, 7) is 3.11. The Morgan fingerprint density at radius 1 is 1.24 bits per heavy atom. The lowest BCUT2D eigenvalue weighted by Gasteiger charge is -2.43. The van der Waals surface area contributed by atoms with Gasteiger partial charge in [-0.2, -0.15) is 11.8 Å². The highest BCUT2D eigenvalue weighted by atomic mass is 32.2. The van der Waals surface area contributed by atoms with E-state index in [1.807, 2.05) is 11.8 Å². The Labute approximate surface area is 108 Å². The van der Waals surface area contributed by atoms with Crippen LogP contribution in [0.2, 0.25) is 0 Å². The van der Waals surface area contributed by atoms with E-state index >= 15 is 0 Å². The molecule has 3 unspecified atom stereocenters. The van der Waals surface area contributed by atoms with Crippen LogP contribution in [0.4, 0.5) is 0 Å². The summed E-state index contributed by atoms with van der Waals surface area (Å²) >= 11 is 1.94. The molecule has 3 aliphatic rings. The Bertz CT molecular complexity index is 288. The highest BCUT2D eigenvalue weighted by Gasteiger charge is 2.49. The molecule has 1 saturated carbocycles. The standard InChI is InChI=1S/C14H24O2S/c1-11-8-14(15,10-17-11)12-4-7-16-13(9-12)5-2-3-6-13/h11-12,15H,2-10H2,1H3. The topological polar surface area (TPSA) is 29.5 Å². The van der Waals surface area contributed by atoms with Crippen LogP contribution in [0, 0.1) is 5.92 Å². The molecule has 2 aliphatic heterocycles. The van der Waals surface area contributed by atoms with E-state index in [0.717, 1.165) is 31.6 Å². The van der Waals surface area contributed by atoms with Crippen LogP contribution in [0.25, 0.3) is 0 Å². The molecule has 1 N–H and O–H groups in total. The van der Waals surface area contributed by atoms with Gasteiger partial charge < -0.3 is 9.84 Å². The summed E-state index contributed by atoms with van der Waals surface area (Å²) in [6.07, 6.45) is 8.23. The molecule has 98 valence electrons. The van der Waals surface area contributed by atoms with Gasteiger partial charge in [0.05, 0.1) is 11.2 Å². The van der Waals surface area contributed by atoms with Crippen LogP contribution in [-0.4, -0.2) is 33.9 Å². The van der Waals surface area contributed by atoms with E-state index in [-0.39, 0.29) is 5.60 Å². The van der Waals surface area contributed by atoms with E-state index in [1.165, 1.54) is 25.7 Å². The van der Waals surface area contributed by atoms with Crippen LogP contribution in [-0.2, 0) is 4.74 Å². The molecule has 0 aromatic carbocycles. The SMILES string of the molecule is CC1CC(O)(C2CCOC3(CCCC3)C2)CS1. The number of hydrogen-bond acceptors (Lipinski definition) is 3. The van der Waals surface area contributed by atoms with Crippen molar-refractivity contribution in [1.29, 1.82) is 0 Å². The highest BCUT2D eigenvalue weighted by Crippen LogP contribution is 2.49. The van der Waals surface area contributed by atoms with E-state index < -0.39 is 5.60 Å². The first-order valence-corrected chi connectivity index (χ1v) is 8.15.